The van der Waals surface area contributed by atoms with Gasteiger partial charge in [0.15, 0.2) is 0 Å². The molecule has 0 bridgehead atoms. The van der Waals surface area contributed by atoms with Crippen molar-refractivity contribution in [1.29, 1.82) is 0 Å². The number of nitrogens with one attached hydrogen (secondary N) is 1. The first-order valence-electron chi connectivity index (χ1n) is 6.85. The molecule has 2 fully saturated rings. The van der Waals surface area contributed by atoms with E-state index >= 15 is 0 Å². The monoisotopic (exact) mass is 256 g/mol. The van der Waals surface area contributed by atoms with Crippen LogP contribution in [0.3, 0.4) is 0 Å². The van der Waals surface area contributed by atoms with E-state index in [1.807, 2.05) is 11.8 Å². The summed E-state index contributed by atoms with van der Waals surface area (Å²) in [6, 6.07) is 0.496. The number of amides is 1. The predicted molar refractivity (Wildman–Crippen MR) is 73.0 cm³/mol. The minimum Gasteiger partial charge on any atom is -0.353 e. The molecule has 0 saturated heterocycles. The summed E-state index contributed by atoms with van der Waals surface area (Å²) in [6.45, 7) is 2.20. The molecular formula is C13H24N2OS. The van der Waals surface area contributed by atoms with Gasteiger partial charge >= 0.3 is 0 Å². The lowest BCUT2D eigenvalue weighted by Crippen LogP contribution is -2.37. The molecule has 2 saturated carbocycles. The van der Waals surface area contributed by atoms with Crippen molar-refractivity contribution in [3.05, 3.63) is 0 Å². The maximum Gasteiger partial charge on any atom is 0.221 e. The topological polar surface area (TPSA) is 55.1 Å². The van der Waals surface area contributed by atoms with Gasteiger partial charge in [0.2, 0.25) is 5.91 Å². The van der Waals surface area contributed by atoms with E-state index in [1.165, 1.54) is 25.0 Å². The van der Waals surface area contributed by atoms with Crippen molar-refractivity contribution in [2.45, 2.75) is 62.8 Å². The average molecular weight is 256 g/mol. The summed E-state index contributed by atoms with van der Waals surface area (Å²) >= 11 is 2.02. The maximum absolute atomic E-state index is 11.8. The Morgan fingerprint density at radius 2 is 2.18 bits per heavy atom. The number of carbonyl (C=O) groups is 1. The van der Waals surface area contributed by atoms with Crippen molar-refractivity contribution in [1.82, 2.24) is 5.32 Å². The first-order valence-corrected chi connectivity index (χ1v) is 7.90. The number of hydrogen-bond donors (Lipinski definition) is 2. The molecule has 1 amide bonds. The van der Waals surface area contributed by atoms with E-state index < -0.39 is 0 Å². The average Bonchev–Trinajstić information content (AvgIpc) is 3.03. The molecule has 3 nitrogen and oxygen atoms in total. The van der Waals surface area contributed by atoms with Crippen LogP contribution in [-0.4, -0.2) is 29.0 Å². The lowest BCUT2D eigenvalue weighted by molar-refractivity contribution is -0.122. The Kier molecular flexibility index (Phi) is 4.74. The van der Waals surface area contributed by atoms with Crippen LogP contribution >= 0.6 is 11.8 Å². The molecular weight excluding hydrogens is 232 g/mol. The fourth-order valence-corrected chi connectivity index (χ4v) is 3.79. The molecule has 3 N–H and O–H groups in total. The van der Waals surface area contributed by atoms with Crippen molar-refractivity contribution < 1.29 is 4.79 Å². The van der Waals surface area contributed by atoms with Gasteiger partial charge in [-0.15, -0.1) is 0 Å². The molecule has 17 heavy (non-hydrogen) atoms. The van der Waals surface area contributed by atoms with E-state index in [1.54, 1.807) is 0 Å². The van der Waals surface area contributed by atoms with Crippen LogP contribution in [0.5, 0.6) is 0 Å². The molecule has 3 unspecified atom stereocenters. The highest BCUT2D eigenvalue weighted by Crippen LogP contribution is 2.33. The zero-order valence-electron chi connectivity index (χ0n) is 10.7. The molecule has 0 aromatic heterocycles. The van der Waals surface area contributed by atoms with Crippen LogP contribution in [0.15, 0.2) is 0 Å². The molecule has 0 spiro atoms. The van der Waals surface area contributed by atoms with E-state index in [2.05, 4.69) is 12.2 Å². The quantitative estimate of drug-likeness (QED) is 0.763. The lowest BCUT2D eigenvalue weighted by atomic mass is 10.1. The molecule has 0 radical (unpaired) electrons. The van der Waals surface area contributed by atoms with Gasteiger partial charge in [-0.3, -0.25) is 4.79 Å². The van der Waals surface area contributed by atoms with E-state index in [0.717, 1.165) is 18.1 Å². The van der Waals surface area contributed by atoms with Gasteiger partial charge in [-0.25, -0.2) is 0 Å². The van der Waals surface area contributed by atoms with Crippen molar-refractivity contribution in [3.63, 3.8) is 0 Å². The first kappa shape index (κ1) is 13.2. The molecule has 2 rings (SSSR count). The fourth-order valence-electron chi connectivity index (χ4n) is 2.65. The minimum atomic E-state index is 0.0946. The third-order valence-corrected chi connectivity index (χ3v) is 5.03. The van der Waals surface area contributed by atoms with E-state index in [0.29, 0.717) is 18.4 Å². The Hall–Kier alpha value is -0.220. The molecule has 3 atom stereocenters. The zero-order chi connectivity index (χ0) is 12.3. The van der Waals surface area contributed by atoms with Gasteiger partial charge in [-0.1, -0.05) is 6.92 Å². The summed E-state index contributed by atoms with van der Waals surface area (Å²) in [5, 5.41) is 3.90. The van der Waals surface area contributed by atoms with Crippen molar-refractivity contribution >= 4 is 17.7 Å². The Morgan fingerprint density at radius 3 is 2.82 bits per heavy atom. The largest absolute Gasteiger partial charge is 0.353 e. The van der Waals surface area contributed by atoms with Gasteiger partial charge in [-0.05, 0) is 43.8 Å². The Morgan fingerprint density at radius 1 is 1.41 bits per heavy atom. The Bertz CT molecular complexity index is 268. The summed E-state index contributed by atoms with van der Waals surface area (Å²) in [5.74, 6) is 1.96. The second-order valence-corrected chi connectivity index (χ2v) is 6.94. The second-order valence-electron chi connectivity index (χ2n) is 5.36. The molecule has 2 aliphatic rings. The van der Waals surface area contributed by atoms with Crippen LogP contribution in [0.25, 0.3) is 0 Å². The first-order chi connectivity index (χ1) is 8.19. The Labute approximate surface area is 108 Å². The molecule has 0 aromatic carbocycles. The van der Waals surface area contributed by atoms with Gasteiger partial charge in [0, 0.05) is 23.8 Å². The van der Waals surface area contributed by atoms with Crippen molar-refractivity contribution in [2.24, 2.45) is 11.7 Å². The lowest BCUT2D eigenvalue weighted by Gasteiger charge is -2.15. The molecule has 0 heterocycles. The van der Waals surface area contributed by atoms with Crippen LogP contribution in [0.1, 0.15) is 45.4 Å². The molecule has 2 aliphatic carbocycles. The second kappa shape index (κ2) is 6.10. The third kappa shape index (κ3) is 4.18. The molecule has 98 valence electrons. The predicted octanol–water partition coefficient (Wildman–Crippen LogP) is 1.90. The van der Waals surface area contributed by atoms with Crippen LogP contribution in [0.2, 0.25) is 0 Å². The highest BCUT2D eigenvalue weighted by molar-refractivity contribution is 7.99. The highest BCUT2D eigenvalue weighted by Gasteiger charge is 2.31. The zero-order valence-corrected chi connectivity index (χ0v) is 11.5. The van der Waals surface area contributed by atoms with Crippen molar-refractivity contribution in [3.8, 4) is 0 Å². The van der Waals surface area contributed by atoms with Gasteiger partial charge in [0.1, 0.15) is 0 Å². The summed E-state index contributed by atoms with van der Waals surface area (Å²) in [7, 11) is 0. The molecule has 0 aliphatic heterocycles. The normalized spacial score (nSPS) is 30.2. The van der Waals surface area contributed by atoms with Crippen molar-refractivity contribution in [2.75, 3.05) is 5.75 Å². The van der Waals surface area contributed by atoms with Gasteiger partial charge in [0.05, 0.1) is 0 Å². The van der Waals surface area contributed by atoms with E-state index in [4.69, 9.17) is 5.73 Å². The fraction of sp³-hybridized carbons (Fsp3) is 0.923. The SMILES string of the molecule is CCSC1CCC(NC(=O)CC(N)C2CC2)C1. The third-order valence-electron chi connectivity index (χ3n) is 3.80. The molecule has 4 heteroatoms. The van der Waals surface area contributed by atoms with Gasteiger partial charge in [-0.2, -0.15) is 11.8 Å². The smallest absolute Gasteiger partial charge is 0.221 e. The minimum absolute atomic E-state index is 0.0946. The van der Waals surface area contributed by atoms with Gasteiger partial charge < -0.3 is 11.1 Å². The van der Waals surface area contributed by atoms with Crippen LogP contribution in [0, 0.1) is 5.92 Å². The van der Waals surface area contributed by atoms with E-state index in [9.17, 15) is 4.79 Å². The Balaban J connectivity index is 1.65. The number of thioether (sulfide) groups is 1. The highest BCUT2D eigenvalue weighted by atomic mass is 32.2. The maximum atomic E-state index is 11.8. The van der Waals surface area contributed by atoms with Crippen LogP contribution in [0.4, 0.5) is 0 Å². The number of hydrogen-bond acceptors (Lipinski definition) is 3. The standard InChI is InChI=1S/C13H24N2OS/c1-2-17-11-6-5-10(7-11)15-13(16)8-12(14)9-3-4-9/h9-12H,2-8,14H2,1H3,(H,15,16). The summed E-state index contributed by atoms with van der Waals surface area (Å²) in [6.07, 6.45) is 6.48. The summed E-state index contributed by atoms with van der Waals surface area (Å²) < 4.78 is 0. The van der Waals surface area contributed by atoms with Crippen LogP contribution < -0.4 is 11.1 Å². The van der Waals surface area contributed by atoms with Crippen LogP contribution in [-0.2, 0) is 4.79 Å². The molecule has 0 aromatic rings. The number of rotatable bonds is 6. The number of carbonyl (C=O) groups excluding carboxylic acids is 1. The summed E-state index contributed by atoms with van der Waals surface area (Å²) in [5.41, 5.74) is 5.96. The summed E-state index contributed by atoms with van der Waals surface area (Å²) in [4.78, 5) is 11.8. The van der Waals surface area contributed by atoms with Gasteiger partial charge in [0.25, 0.3) is 0 Å². The van der Waals surface area contributed by atoms with E-state index in [-0.39, 0.29) is 11.9 Å². The number of nitrogens with two attached hydrogens (primary N) is 1.